The van der Waals surface area contributed by atoms with Crippen LogP contribution in [0.5, 0.6) is 0 Å². The van der Waals surface area contributed by atoms with Crippen molar-refractivity contribution in [2.24, 2.45) is 0 Å². The van der Waals surface area contributed by atoms with Crippen LogP contribution in [0.25, 0.3) is 10.9 Å². The van der Waals surface area contributed by atoms with Crippen LogP contribution in [0.1, 0.15) is 62.2 Å². The van der Waals surface area contributed by atoms with E-state index in [4.69, 9.17) is 0 Å². The summed E-state index contributed by atoms with van der Waals surface area (Å²) in [6.07, 6.45) is 2.24. The van der Waals surface area contributed by atoms with Crippen molar-refractivity contribution >= 4 is 10.9 Å². The number of fused-ring (bicyclic) bond motifs is 1. The molecule has 0 spiro atoms. The molecule has 148 valence electrons. The number of nitrogens with one attached hydrogen (secondary N) is 1. The summed E-state index contributed by atoms with van der Waals surface area (Å²) < 4.78 is 1.85. The fourth-order valence-corrected chi connectivity index (χ4v) is 4.25. The molecule has 1 aliphatic heterocycles. The topological polar surface area (TPSA) is 79.7 Å². The lowest BCUT2D eigenvalue weighted by Crippen LogP contribution is -2.36. The molecule has 3 aromatic rings. The first-order valence-corrected chi connectivity index (χ1v) is 9.93. The number of benzene rings is 1. The van der Waals surface area contributed by atoms with Gasteiger partial charge in [0, 0.05) is 5.56 Å². The van der Waals surface area contributed by atoms with E-state index >= 15 is 0 Å². The highest BCUT2D eigenvalue weighted by Gasteiger charge is 2.34. The first kappa shape index (κ1) is 18.8. The van der Waals surface area contributed by atoms with Crippen LogP contribution in [0.3, 0.4) is 0 Å². The Morgan fingerprint density at radius 3 is 2.50 bits per heavy atom. The number of aryl methyl sites for hydroxylation is 2. The summed E-state index contributed by atoms with van der Waals surface area (Å²) in [4.78, 5) is 18.6. The van der Waals surface area contributed by atoms with Crippen LogP contribution < -0.4 is 5.56 Å². The van der Waals surface area contributed by atoms with Gasteiger partial charge in [0.15, 0.2) is 5.82 Å². The second kappa shape index (κ2) is 6.81. The van der Waals surface area contributed by atoms with Crippen molar-refractivity contribution in [1.29, 1.82) is 0 Å². The number of aromatic nitrogens is 5. The number of hydrogen-bond donors (Lipinski definition) is 1. The number of likely N-dealkylation sites (tertiary alicyclic amines) is 1. The number of nitrogens with zero attached hydrogens (tertiary/aromatic N) is 5. The zero-order valence-electron chi connectivity index (χ0n) is 17.3. The molecule has 1 saturated heterocycles. The summed E-state index contributed by atoms with van der Waals surface area (Å²) in [6, 6.07) is 5.98. The number of aromatic amines is 1. The van der Waals surface area contributed by atoms with Crippen molar-refractivity contribution in [1.82, 2.24) is 30.1 Å². The van der Waals surface area contributed by atoms with Crippen LogP contribution >= 0.6 is 0 Å². The molecule has 1 atom stereocenters. The van der Waals surface area contributed by atoms with E-state index < -0.39 is 0 Å². The van der Waals surface area contributed by atoms with Gasteiger partial charge in [0.05, 0.1) is 11.1 Å². The summed E-state index contributed by atoms with van der Waals surface area (Å²) in [5.74, 6) is 0.726. The molecular formula is C21H28N6O. The minimum Gasteiger partial charge on any atom is -0.321 e. The Hall–Kier alpha value is -2.54. The van der Waals surface area contributed by atoms with Gasteiger partial charge in [-0.2, -0.15) is 0 Å². The van der Waals surface area contributed by atoms with Gasteiger partial charge < -0.3 is 4.98 Å². The Labute approximate surface area is 164 Å². The monoisotopic (exact) mass is 380 g/mol. The zero-order chi connectivity index (χ0) is 20.1. The smallest absolute Gasteiger partial charge is 0.253 e. The van der Waals surface area contributed by atoms with E-state index in [9.17, 15) is 4.79 Å². The highest BCUT2D eigenvalue weighted by molar-refractivity contribution is 5.83. The first-order chi connectivity index (χ1) is 13.3. The molecule has 1 N–H and O–H groups in total. The first-order valence-electron chi connectivity index (χ1n) is 9.93. The number of tetrazole rings is 1. The van der Waals surface area contributed by atoms with E-state index in [2.05, 4.69) is 65.2 Å². The van der Waals surface area contributed by atoms with Crippen LogP contribution in [0, 0.1) is 13.8 Å². The molecule has 7 heteroatoms. The third-order valence-corrected chi connectivity index (χ3v) is 5.50. The van der Waals surface area contributed by atoms with Crippen molar-refractivity contribution in [2.45, 2.75) is 59.0 Å². The molecule has 1 aromatic carbocycles. The number of pyridine rings is 1. The number of rotatable bonds is 3. The highest BCUT2D eigenvalue weighted by Crippen LogP contribution is 2.32. The summed E-state index contributed by atoms with van der Waals surface area (Å²) in [5.41, 5.74) is 3.53. The van der Waals surface area contributed by atoms with E-state index in [1.807, 2.05) is 17.7 Å². The second-order valence-corrected chi connectivity index (χ2v) is 8.87. The molecule has 1 unspecified atom stereocenters. The molecule has 2 aromatic heterocycles. The molecule has 4 rings (SSSR count). The maximum Gasteiger partial charge on any atom is 0.253 e. The third-order valence-electron chi connectivity index (χ3n) is 5.50. The maximum atomic E-state index is 13.2. The Morgan fingerprint density at radius 2 is 1.82 bits per heavy atom. The second-order valence-electron chi connectivity index (χ2n) is 8.87. The van der Waals surface area contributed by atoms with E-state index in [0.29, 0.717) is 5.56 Å². The Morgan fingerprint density at radius 1 is 1.11 bits per heavy atom. The molecule has 0 saturated carbocycles. The fourth-order valence-electron chi connectivity index (χ4n) is 4.25. The van der Waals surface area contributed by atoms with Gasteiger partial charge in [-0.15, -0.1) is 5.10 Å². The summed E-state index contributed by atoms with van der Waals surface area (Å²) in [5, 5.41) is 13.6. The number of hydrogen-bond acceptors (Lipinski definition) is 5. The predicted octanol–water partition coefficient (Wildman–Crippen LogP) is 3.07. The lowest BCUT2D eigenvalue weighted by atomic mass is 10.00. The fraction of sp³-hybridized carbons (Fsp3) is 0.524. The van der Waals surface area contributed by atoms with E-state index in [1.165, 1.54) is 5.56 Å². The third kappa shape index (κ3) is 3.24. The lowest BCUT2D eigenvalue weighted by molar-refractivity contribution is 0.241. The SMILES string of the molecule is Cc1cc(C)c2[nH]c(=O)c(C(c3nnnn3C(C)(C)C)N3CCCC3)cc2c1. The molecule has 1 fully saturated rings. The van der Waals surface area contributed by atoms with Crippen molar-refractivity contribution < 1.29 is 0 Å². The molecular weight excluding hydrogens is 352 g/mol. The molecule has 0 amide bonds. The minimum atomic E-state index is -0.270. The molecule has 1 aliphatic rings. The minimum absolute atomic E-state index is 0.0696. The van der Waals surface area contributed by atoms with Crippen LogP contribution in [-0.4, -0.2) is 43.2 Å². The van der Waals surface area contributed by atoms with E-state index in [1.54, 1.807) is 0 Å². The van der Waals surface area contributed by atoms with Crippen LogP contribution in [-0.2, 0) is 5.54 Å². The summed E-state index contributed by atoms with van der Waals surface area (Å²) >= 11 is 0. The molecule has 3 heterocycles. The summed E-state index contributed by atoms with van der Waals surface area (Å²) in [7, 11) is 0. The van der Waals surface area contributed by atoms with Crippen LogP contribution in [0.2, 0.25) is 0 Å². The lowest BCUT2D eigenvalue weighted by Gasteiger charge is -2.29. The molecule has 0 aliphatic carbocycles. The van der Waals surface area contributed by atoms with Crippen LogP contribution in [0.15, 0.2) is 23.0 Å². The van der Waals surface area contributed by atoms with Gasteiger partial charge in [-0.25, -0.2) is 4.68 Å². The van der Waals surface area contributed by atoms with Crippen molar-refractivity contribution in [3.05, 3.63) is 51.1 Å². The average Bonchev–Trinajstić information content (AvgIpc) is 3.28. The zero-order valence-corrected chi connectivity index (χ0v) is 17.3. The van der Waals surface area contributed by atoms with Crippen molar-refractivity contribution in [2.75, 3.05) is 13.1 Å². The van der Waals surface area contributed by atoms with Gasteiger partial charge in [-0.05, 0) is 94.1 Å². The Kier molecular flexibility index (Phi) is 4.57. The van der Waals surface area contributed by atoms with Gasteiger partial charge in [-0.3, -0.25) is 9.69 Å². The van der Waals surface area contributed by atoms with Gasteiger partial charge in [-0.1, -0.05) is 11.6 Å². The van der Waals surface area contributed by atoms with E-state index in [-0.39, 0.29) is 17.1 Å². The van der Waals surface area contributed by atoms with Gasteiger partial charge in [0.25, 0.3) is 5.56 Å². The van der Waals surface area contributed by atoms with Crippen molar-refractivity contribution in [3.63, 3.8) is 0 Å². The van der Waals surface area contributed by atoms with Crippen LogP contribution in [0.4, 0.5) is 0 Å². The van der Waals surface area contributed by atoms with Crippen molar-refractivity contribution in [3.8, 4) is 0 Å². The van der Waals surface area contributed by atoms with Gasteiger partial charge in [0.2, 0.25) is 0 Å². The van der Waals surface area contributed by atoms with E-state index in [0.717, 1.165) is 48.2 Å². The molecule has 0 bridgehead atoms. The normalized spacial score (nSPS) is 16.8. The molecule has 28 heavy (non-hydrogen) atoms. The Balaban J connectivity index is 1.95. The summed E-state index contributed by atoms with van der Waals surface area (Å²) in [6.45, 7) is 12.2. The molecule has 7 nitrogen and oxygen atoms in total. The van der Waals surface area contributed by atoms with Gasteiger partial charge in [0.1, 0.15) is 6.04 Å². The number of H-pyrrole nitrogens is 1. The van der Waals surface area contributed by atoms with Gasteiger partial charge >= 0.3 is 0 Å². The average molecular weight is 380 g/mol. The largest absolute Gasteiger partial charge is 0.321 e. The molecule has 0 radical (unpaired) electrons. The maximum absolute atomic E-state index is 13.2. The quantitative estimate of drug-likeness (QED) is 0.755. The predicted molar refractivity (Wildman–Crippen MR) is 110 cm³/mol. The standard InChI is InChI=1S/C21H28N6O/c1-13-10-14(2)17-15(11-13)12-16(20(28)22-17)18(26-8-6-7-9-26)19-23-24-25-27(19)21(3,4)5/h10-12,18H,6-9H2,1-5H3,(H,22,28). The highest BCUT2D eigenvalue weighted by atomic mass is 16.1. The Bertz CT molecular complexity index is 1070.